The van der Waals surface area contributed by atoms with Crippen LogP contribution in [0.4, 0.5) is 4.39 Å². The van der Waals surface area contributed by atoms with E-state index in [-0.39, 0.29) is 30.3 Å². The van der Waals surface area contributed by atoms with Crippen LogP contribution < -0.4 is 5.32 Å². The Balaban J connectivity index is 1.72. The zero-order valence-electron chi connectivity index (χ0n) is 11.5. The SMILES string of the molecule is O=C(NCc1ccc(F)c(CO)c1)c1cn2cccnc2n1. The fourth-order valence-corrected chi connectivity index (χ4v) is 2.07. The van der Waals surface area contributed by atoms with Crippen molar-refractivity contribution in [2.24, 2.45) is 0 Å². The van der Waals surface area contributed by atoms with E-state index in [1.165, 1.54) is 12.1 Å². The molecular formula is C15H13FN4O2. The summed E-state index contributed by atoms with van der Waals surface area (Å²) in [6, 6.07) is 6.08. The number of hydrogen-bond donors (Lipinski definition) is 2. The maximum Gasteiger partial charge on any atom is 0.271 e. The molecule has 7 heteroatoms. The predicted octanol–water partition coefficient (Wildman–Crippen LogP) is 1.29. The second-order valence-electron chi connectivity index (χ2n) is 4.72. The summed E-state index contributed by atoms with van der Waals surface area (Å²) < 4.78 is 14.9. The average molecular weight is 300 g/mol. The summed E-state index contributed by atoms with van der Waals surface area (Å²) in [6.45, 7) is -0.168. The van der Waals surface area contributed by atoms with Crippen LogP contribution in [0.3, 0.4) is 0 Å². The van der Waals surface area contributed by atoms with Crippen LogP contribution in [0.15, 0.2) is 42.9 Å². The fourth-order valence-electron chi connectivity index (χ4n) is 2.07. The zero-order valence-corrected chi connectivity index (χ0v) is 11.5. The number of aliphatic hydroxyl groups is 1. The van der Waals surface area contributed by atoms with Crippen LogP contribution in [0, 0.1) is 5.82 Å². The summed E-state index contributed by atoms with van der Waals surface area (Å²) in [5, 5.41) is 11.7. The molecule has 112 valence electrons. The molecule has 0 radical (unpaired) electrons. The highest BCUT2D eigenvalue weighted by molar-refractivity contribution is 5.92. The van der Waals surface area contributed by atoms with Crippen LogP contribution in [0.1, 0.15) is 21.6 Å². The minimum absolute atomic E-state index is 0.198. The van der Waals surface area contributed by atoms with Gasteiger partial charge in [0.15, 0.2) is 0 Å². The molecule has 2 aromatic heterocycles. The van der Waals surface area contributed by atoms with Gasteiger partial charge in [-0.25, -0.2) is 14.4 Å². The molecule has 0 saturated heterocycles. The van der Waals surface area contributed by atoms with Crippen LogP contribution in [0.25, 0.3) is 5.78 Å². The summed E-state index contributed by atoms with van der Waals surface area (Å²) in [7, 11) is 0. The average Bonchev–Trinajstić information content (AvgIpc) is 2.98. The second kappa shape index (κ2) is 5.90. The standard InChI is InChI=1S/C15H13FN4O2/c16-12-3-2-10(6-11(12)9-21)7-18-14(22)13-8-20-5-1-4-17-15(20)19-13/h1-6,8,21H,7,9H2,(H,18,22). The fraction of sp³-hybridized carbons (Fsp3) is 0.133. The van der Waals surface area contributed by atoms with Crippen molar-refractivity contribution in [2.45, 2.75) is 13.2 Å². The van der Waals surface area contributed by atoms with E-state index in [2.05, 4.69) is 15.3 Å². The Kier molecular flexibility index (Phi) is 3.80. The maximum atomic E-state index is 13.3. The van der Waals surface area contributed by atoms with Gasteiger partial charge in [0.2, 0.25) is 5.78 Å². The number of carbonyl (C=O) groups excluding carboxylic acids is 1. The number of halogens is 1. The zero-order chi connectivity index (χ0) is 15.5. The molecule has 2 heterocycles. The molecule has 0 aliphatic carbocycles. The first-order valence-corrected chi connectivity index (χ1v) is 6.63. The summed E-state index contributed by atoms with van der Waals surface area (Å²) in [6.07, 6.45) is 4.93. The number of aliphatic hydroxyl groups excluding tert-OH is 1. The van der Waals surface area contributed by atoms with E-state index >= 15 is 0 Å². The lowest BCUT2D eigenvalue weighted by Crippen LogP contribution is -2.23. The lowest BCUT2D eigenvalue weighted by molar-refractivity contribution is 0.0946. The van der Waals surface area contributed by atoms with Crippen LogP contribution in [-0.4, -0.2) is 25.4 Å². The highest BCUT2D eigenvalue weighted by atomic mass is 19.1. The third-order valence-electron chi connectivity index (χ3n) is 3.20. The molecule has 0 fully saturated rings. The third kappa shape index (κ3) is 2.79. The lowest BCUT2D eigenvalue weighted by atomic mass is 10.1. The quantitative estimate of drug-likeness (QED) is 0.761. The molecule has 1 amide bonds. The number of rotatable bonds is 4. The van der Waals surface area contributed by atoms with Gasteiger partial charge < -0.3 is 10.4 Å². The van der Waals surface area contributed by atoms with Crippen molar-refractivity contribution in [2.75, 3.05) is 0 Å². The summed E-state index contributed by atoms with van der Waals surface area (Å²) in [5.41, 5.74) is 1.15. The van der Waals surface area contributed by atoms with Gasteiger partial charge in [-0.2, -0.15) is 0 Å². The van der Waals surface area contributed by atoms with Gasteiger partial charge >= 0.3 is 0 Å². The molecule has 2 N–H and O–H groups in total. The Morgan fingerprint density at radius 1 is 1.41 bits per heavy atom. The molecule has 22 heavy (non-hydrogen) atoms. The van der Waals surface area contributed by atoms with Gasteiger partial charge in [0.05, 0.1) is 6.61 Å². The highest BCUT2D eigenvalue weighted by Crippen LogP contribution is 2.11. The minimum Gasteiger partial charge on any atom is -0.392 e. The Morgan fingerprint density at radius 2 is 2.27 bits per heavy atom. The molecule has 0 unspecified atom stereocenters. The monoisotopic (exact) mass is 300 g/mol. The summed E-state index contributed by atoms with van der Waals surface area (Å²) in [4.78, 5) is 20.2. The number of nitrogens with one attached hydrogen (secondary N) is 1. The smallest absolute Gasteiger partial charge is 0.271 e. The Hall–Kier alpha value is -2.80. The summed E-state index contributed by atoms with van der Waals surface area (Å²) in [5.74, 6) is -0.374. The number of carbonyl (C=O) groups is 1. The number of benzene rings is 1. The molecule has 6 nitrogen and oxygen atoms in total. The molecule has 3 rings (SSSR count). The second-order valence-corrected chi connectivity index (χ2v) is 4.72. The highest BCUT2D eigenvalue weighted by Gasteiger charge is 2.11. The molecule has 0 bridgehead atoms. The van der Waals surface area contributed by atoms with Crippen LogP contribution in [0.2, 0.25) is 0 Å². The van der Waals surface area contributed by atoms with Gasteiger partial charge in [0, 0.05) is 30.7 Å². The Labute approximate surface area is 125 Å². The minimum atomic E-state index is -0.469. The van der Waals surface area contributed by atoms with E-state index in [1.807, 2.05) is 0 Å². The van der Waals surface area contributed by atoms with E-state index in [0.717, 1.165) is 0 Å². The number of nitrogens with zero attached hydrogens (tertiary/aromatic N) is 3. The molecular weight excluding hydrogens is 287 g/mol. The number of fused-ring (bicyclic) bond motifs is 1. The van der Waals surface area contributed by atoms with Crippen molar-refractivity contribution in [3.63, 3.8) is 0 Å². The first-order chi connectivity index (χ1) is 10.7. The normalized spacial score (nSPS) is 10.8. The van der Waals surface area contributed by atoms with Crippen molar-refractivity contribution >= 4 is 11.7 Å². The van der Waals surface area contributed by atoms with Gasteiger partial charge in [0.1, 0.15) is 11.5 Å². The molecule has 0 atom stereocenters. The molecule has 1 aromatic carbocycles. The maximum absolute atomic E-state index is 13.3. The van der Waals surface area contributed by atoms with Crippen molar-refractivity contribution in [1.29, 1.82) is 0 Å². The van der Waals surface area contributed by atoms with Gasteiger partial charge in [-0.05, 0) is 23.8 Å². The Bertz CT molecular complexity index is 798. The number of hydrogen-bond acceptors (Lipinski definition) is 4. The van der Waals surface area contributed by atoms with E-state index in [1.54, 1.807) is 35.1 Å². The summed E-state index contributed by atoms with van der Waals surface area (Å²) >= 11 is 0. The van der Waals surface area contributed by atoms with E-state index < -0.39 is 5.82 Å². The van der Waals surface area contributed by atoms with Crippen molar-refractivity contribution in [3.05, 3.63) is 65.5 Å². The molecule has 0 saturated carbocycles. The van der Waals surface area contributed by atoms with Gasteiger partial charge in [-0.1, -0.05) is 6.07 Å². The van der Waals surface area contributed by atoms with E-state index in [0.29, 0.717) is 11.3 Å². The first-order valence-electron chi connectivity index (χ1n) is 6.63. The topological polar surface area (TPSA) is 79.5 Å². The van der Waals surface area contributed by atoms with Crippen molar-refractivity contribution < 1.29 is 14.3 Å². The van der Waals surface area contributed by atoms with Crippen LogP contribution >= 0.6 is 0 Å². The first kappa shape index (κ1) is 14.2. The molecule has 0 aliphatic heterocycles. The van der Waals surface area contributed by atoms with Crippen molar-refractivity contribution in [1.82, 2.24) is 19.7 Å². The van der Waals surface area contributed by atoms with Gasteiger partial charge in [0.25, 0.3) is 5.91 Å². The molecule has 0 spiro atoms. The third-order valence-corrected chi connectivity index (χ3v) is 3.20. The lowest BCUT2D eigenvalue weighted by Gasteiger charge is -2.06. The van der Waals surface area contributed by atoms with Crippen LogP contribution in [0.5, 0.6) is 0 Å². The number of aromatic nitrogens is 3. The number of amides is 1. The van der Waals surface area contributed by atoms with E-state index in [9.17, 15) is 9.18 Å². The van der Waals surface area contributed by atoms with Gasteiger partial charge in [-0.15, -0.1) is 0 Å². The van der Waals surface area contributed by atoms with Crippen molar-refractivity contribution in [3.8, 4) is 0 Å². The molecule has 3 aromatic rings. The van der Waals surface area contributed by atoms with Crippen LogP contribution in [-0.2, 0) is 13.2 Å². The van der Waals surface area contributed by atoms with Gasteiger partial charge in [-0.3, -0.25) is 9.20 Å². The largest absolute Gasteiger partial charge is 0.392 e. The molecule has 0 aliphatic rings. The van der Waals surface area contributed by atoms with E-state index in [4.69, 9.17) is 5.11 Å². The number of imidazole rings is 1. The Morgan fingerprint density at radius 3 is 3.05 bits per heavy atom. The predicted molar refractivity (Wildman–Crippen MR) is 76.5 cm³/mol.